The molecule has 88 valence electrons. The summed E-state index contributed by atoms with van der Waals surface area (Å²) in [5.74, 6) is -0.348. The Kier molecular flexibility index (Phi) is 3.69. The van der Waals surface area contributed by atoms with Crippen molar-refractivity contribution < 1.29 is 18.7 Å². The van der Waals surface area contributed by atoms with Crippen molar-refractivity contribution in [2.45, 2.75) is 25.7 Å². The second-order valence-corrected chi connectivity index (χ2v) is 3.64. The van der Waals surface area contributed by atoms with Crippen LogP contribution in [0.2, 0.25) is 0 Å². The van der Waals surface area contributed by atoms with Gasteiger partial charge in [-0.25, -0.2) is 4.39 Å². The molecular formula is C11H14FNO3. The first-order valence-electron chi connectivity index (χ1n) is 5.24. The fourth-order valence-electron chi connectivity index (χ4n) is 1.48. The number of hydrogen-bond donors (Lipinski definition) is 0. The number of oxime groups is 1. The maximum atomic E-state index is 13.2. The first-order valence-corrected chi connectivity index (χ1v) is 5.24. The molecule has 5 heteroatoms. The van der Waals surface area contributed by atoms with Crippen LogP contribution in [0.5, 0.6) is 0 Å². The largest absolute Gasteiger partial charge is 0.393 e. The number of halogens is 1. The molecule has 0 saturated carbocycles. The van der Waals surface area contributed by atoms with E-state index in [1.807, 2.05) is 13.0 Å². The molecule has 2 rings (SSSR count). The van der Waals surface area contributed by atoms with E-state index in [4.69, 9.17) is 14.3 Å². The predicted octanol–water partition coefficient (Wildman–Crippen LogP) is 1.93. The zero-order valence-corrected chi connectivity index (χ0v) is 9.06. The molecule has 1 fully saturated rings. The second kappa shape index (κ2) is 5.23. The molecule has 1 saturated heterocycles. The summed E-state index contributed by atoms with van der Waals surface area (Å²) in [5.41, 5.74) is 0.314. The fraction of sp³-hybridized carbons (Fsp3) is 0.545. The van der Waals surface area contributed by atoms with Gasteiger partial charge in [-0.1, -0.05) is 17.3 Å². The van der Waals surface area contributed by atoms with Crippen LogP contribution >= 0.6 is 0 Å². The van der Waals surface area contributed by atoms with Crippen molar-refractivity contribution in [2.24, 2.45) is 5.16 Å². The summed E-state index contributed by atoms with van der Waals surface area (Å²) < 4.78 is 23.7. The number of hydrogen-bond acceptors (Lipinski definition) is 4. The molecule has 2 atom stereocenters. The topological polar surface area (TPSA) is 40.0 Å². The molecule has 0 amide bonds. The molecule has 2 aliphatic rings. The van der Waals surface area contributed by atoms with Gasteiger partial charge in [-0.3, -0.25) is 0 Å². The Morgan fingerprint density at radius 3 is 3.19 bits per heavy atom. The highest BCUT2D eigenvalue weighted by molar-refractivity contribution is 5.99. The second-order valence-electron chi connectivity index (χ2n) is 3.64. The average molecular weight is 227 g/mol. The summed E-state index contributed by atoms with van der Waals surface area (Å²) in [6.45, 7) is 2.59. The Morgan fingerprint density at radius 1 is 1.62 bits per heavy atom. The Balaban J connectivity index is 1.77. The summed E-state index contributed by atoms with van der Waals surface area (Å²) >= 11 is 0. The van der Waals surface area contributed by atoms with Crippen molar-refractivity contribution in [3.05, 3.63) is 24.1 Å². The lowest BCUT2D eigenvalue weighted by Crippen LogP contribution is -2.17. The van der Waals surface area contributed by atoms with E-state index in [2.05, 4.69) is 5.16 Å². The van der Waals surface area contributed by atoms with E-state index >= 15 is 0 Å². The van der Waals surface area contributed by atoms with Crippen LogP contribution in [0.3, 0.4) is 0 Å². The summed E-state index contributed by atoms with van der Waals surface area (Å²) in [6.07, 6.45) is 4.98. The molecule has 1 heterocycles. The molecule has 0 N–H and O–H groups in total. The summed E-state index contributed by atoms with van der Waals surface area (Å²) in [7, 11) is 0. The molecule has 1 aliphatic heterocycles. The van der Waals surface area contributed by atoms with E-state index in [-0.39, 0.29) is 24.8 Å². The highest BCUT2D eigenvalue weighted by Gasteiger charge is 2.23. The molecule has 0 aromatic carbocycles. The van der Waals surface area contributed by atoms with Gasteiger partial charge in [0.25, 0.3) is 0 Å². The van der Waals surface area contributed by atoms with Crippen molar-refractivity contribution in [1.82, 2.24) is 0 Å². The minimum atomic E-state index is -0.348. The quantitative estimate of drug-likeness (QED) is 0.692. The Hall–Kier alpha value is -1.20. The normalized spacial score (nSPS) is 31.9. The summed E-state index contributed by atoms with van der Waals surface area (Å²) in [6, 6.07) is 0. The van der Waals surface area contributed by atoms with Crippen LogP contribution < -0.4 is 0 Å². The predicted molar refractivity (Wildman–Crippen MR) is 56.6 cm³/mol. The smallest absolute Gasteiger partial charge is 0.155 e. The Labute approximate surface area is 93.4 Å². The van der Waals surface area contributed by atoms with Crippen molar-refractivity contribution in [2.75, 3.05) is 13.2 Å². The van der Waals surface area contributed by atoms with E-state index < -0.39 is 0 Å². The summed E-state index contributed by atoms with van der Waals surface area (Å²) in [4.78, 5) is 5.04. The lowest BCUT2D eigenvalue weighted by Gasteiger charge is -2.08. The standard InChI is InChI=1S/C11H14FNO3/c1-8-14-6-9(16-8)7-15-13-11-5-3-2-4-10(11)12/h2-4,8-9H,5-7H2,1H3. The van der Waals surface area contributed by atoms with E-state index in [1.54, 1.807) is 6.08 Å². The molecule has 0 spiro atoms. The third kappa shape index (κ3) is 2.90. The third-order valence-corrected chi connectivity index (χ3v) is 2.30. The molecule has 1 aliphatic carbocycles. The highest BCUT2D eigenvalue weighted by Crippen LogP contribution is 2.13. The molecule has 4 nitrogen and oxygen atoms in total. The monoisotopic (exact) mass is 227 g/mol. The van der Waals surface area contributed by atoms with E-state index in [9.17, 15) is 4.39 Å². The zero-order valence-electron chi connectivity index (χ0n) is 9.06. The Bertz CT molecular complexity index is 338. The molecule has 0 radical (unpaired) electrons. The minimum absolute atomic E-state index is 0.120. The molecular weight excluding hydrogens is 213 g/mol. The molecule has 0 aromatic rings. The third-order valence-electron chi connectivity index (χ3n) is 2.30. The fourth-order valence-corrected chi connectivity index (χ4v) is 1.48. The molecule has 2 unspecified atom stereocenters. The van der Waals surface area contributed by atoms with Crippen LogP contribution in [0.15, 0.2) is 29.2 Å². The minimum Gasteiger partial charge on any atom is -0.393 e. The van der Waals surface area contributed by atoms with Crippen molar-refractivity contribution in [3.8, 4) is 0 Å². The van der Waals surface area contributed by atoms with Gasteiger partial charge in [0.1, 0.15) is 24.2 Å². The van der Waals surface area contributed by atoms with Gasteiger partial charge in [-0.2, -0.15) is 0 Å². The zero-order chi connectivity index (χ0) is 11.4. The van der Waals surface area contributed by atoms with Gasteiger partial charge in [0.2, 0.25) is 0 Å². The van der Waals surface area contributed by atoms with Gasteiger partial charge < -0.3 is 14.3 Å². The number of nitrogens with zero attached hydrogens (tertiary/aromatic N) is 1. The maximum Gasteiger partial charge on any atom is 0.155 e. The maximum absolute atomic E-state index is 13.2. The van der Waals surface area contributed by atoms with Crippen LogP contribution in [0.4, 0.5) is 4.39 Å². The van der Waals surface area contributed by atoms with Gasteiger partial charge >= 0.3 is 0 Å². The first kappa shape index (κ1) is 11.3. The van der Waals surface area contributed by atoms with Gasteiger partial charge in [0, 0.05) is 6.42 Å². The lowest BCUT2D eigenvalue weighted by atomic mass is 10.1. The number of allylic oxidation sites excluding steroid dienone is 4. The first-order chi connectivity index (χ1) is 7.75. The van der Waals surface area contributed by atoms with Crippen LogP contribution in [-0.4, -0.2) is 31.3 Å². The van der Waals surface area contributed by atoms with Crippen molar-refractivity contribution >= 4 is 5.71 Å². The Morgan fingerprint density at radius 2 is 2.50 bits per heavy atom. The van der Waals surface area contributed by atoms with Gasteiger partial charge in [-0.05, 0) is 13.0 Å². The van der Waals surface area contributed by atoms with E-state index in [1.165, 1.54) is 6.08 Å². The van der Waals surface area contributed by atoms with Crippen LogP contribution in [0, 0.1) is 0 Å². The van der Waals surface area contributed by atoms with Crippen LogP contribution in [0.25, 0.3) is 0 Å². The van der Waals surface area contributed by atoms with Gasteiger partial charge in [-0.15, -0.1) is 0 Å². The van der Waals surface area contributed by atoms with Crippen molar-refractivity contribution in [3.63, 3.8) is 0 Å². The van der Waals surface area contributed by atoms with Crippen molar-refractivity contribution in [1.29, 1.82) is 0 Å². The van der Waals surface area contributed by atoms with Gasteiger partial charge in [0.05, 0.1) is 6.61 Å². The molecule has 0 aromatic heterocycles. The SMILES string of the molecule is CC1OCC(CON=C2CC=CC=C2F)O1. The molecule has 16 heavy (non-hydrogen) atoms. The van der Waals surface area contributed by atoms with E-state index in [0.717, 1.165) is 0 Å². The molecule has 0 bridgehead atoms. The average Bonchev–Trinajstić information content (AvgIpc) is 2.67. The lowest BCUT2D eigenvalue weighted by molar-refractivity contribution is -0.0578. The number of ether oxygens (including phenoxy) is 2. The van der Waals surface area contributed by atoms with Crippen LogP contribution in [-0.2, 0) is 14.3 Å². The van der Waals surface area contributed by atoms with E-state index in [0.29, 0.717) is 18.7 Å². The van der Waals surface area contributed by atoms with Gasteiger partial charge in [0.15, 0.2) is 6.29 Å². The highest BCUT2D eigenvalue weighted by atomic mass is 19.1. The summed E-state index contributed by atoms with van der Waals surface area (Å²) in [5, 5.41) is 3.74. The van der Waals surface area contributed by atoms with Crippen LogP contribution in [0.1, 0.15) is 13.3 Å². The number of rotatable bonds is 3.